The summed E-state index contributed by atoms with van der Waals surface area (Å²) in [6, 6.07) is 12.6. The van der Waals surface area contributed by atoms with Crippen LogP contribution in [0.2, 0.25) is 0 Å². The number of rotatable bonds is 1. The van der Waals surface area contributed by atoms with E-state index in [1.807, 2.05) is 24.3 Å². The molecular formula is C16H14O3S. The zero-order chi connectivity index (χ0) is 14.3. The second-order valence-corrected chi connectivity index (χ2v) is 6.46. The zero-order valence-electron chi connectivity index (χ0n) is 11.0. The number of carboxylic acid groups (broad SMARTS) is 1. The zero-order valence-corrected chi connectivity index (χ0v) is 11.8. The maximum atomic E-state index is 12.8. The van der Waals surface area contributed by atoms with E-state index in [1.54, 1.807) is 18.2 Å². The first-order valence-corrected chi connectivity index (χ1v) is 7.60. The van der Waals surface area contributed by atoms with Crippen LogP contribution in [0.4, 0.5) is 0 Å². The second-order valence-electron chi connectivity index (χ2n) is 5.04. The summed E-state index contributed by atoms with van der Waals surface area (Å²) in [6.45, 7) is 2.08. The van der Waals surface area contributed by atoms with E-state index < -0.39 is 16.8 Å². The molecule has 0 aromatic heterocycles. The fourth-order valence-electron chi connectivity index (χ4n) is 2.65. The Hall–Kier alpha value is -1.94. The number of hydrogen-bond donors (Lipinski definition) is 1. The fraction of sp³-hybridized carbons (Fsp3) is 0.188. The minimum absolute atomic E-state index is 0.184. The summed E-state index contributed by atoms with van der Waals surface area (Å²) in [5.74, 6) is -0.768. The van der Waals surface area contributed by atoms with Crippen LogP contribution in [-0.2, 0) is 17.2 Å². The van der Waals surface area contributed by atoms with Crippen LogP contribution in [0, 0.1) is 0 Å². The quantitative estimate of drug-likeness (QED) is 0.875. The third-order valence-electron chi connectivity index (χ3n) is 3.69. The Labute approximate surface area is 119 Å². The van der Waals surface area contributed by atoms with E-state index in [0.29, 0.717) is 4.90 Å². The number of fused-ring (bicyclic) bond motifs is 2. The molecule has 0 amide bonds. The van der Waals surface area contributed by atoms with Crippen LogP contribution in [0.1, 0.15) is 34.3 Å². The smallest absolute Gasteiger partial charge is 0.335 e. The molecular weight excluding hydrogens is 272 g/mol. The van der Waals surface area contributed by atoms with Crippen molar-refractivity contribution in [2.45, 2.75) is 29.1 Å². The SMILES string of the molecule is CC1Cc2ccccc2S(=O)c2cc(C(=O)O)ccc21. The van der Waals surface area contributed by atoms with E-state index in [0.717, 1.165) is 22.4 Å². The number of benzene rings is 2. The van der Waals surface area contributed by atoms with E-state index in [9.17, 15) is 9.00 Å². The molecule has 1 heterocycles. The van der Waals surface area contributed by atoms with Crippen molar-refractivity contribution in [3.8, 4) is 0 Å². The van der Waals surface area contributed by atoms with E-state index in [-0.39, 0.29) is 11.5 Å². The van der Waals surface area contributed by atoms with Crippen LogP contribution < -0.4 is 0 Å². The van der Waals surface area contributed by atoms with Gasteiger partial charge >= 0.3 is 5.97 Å². The van der Waals surface area contributed by atoms with Gasteiger partial charge in [-0.3, -0.25) is 0 Å². The first kappa shape index (κ1) is 13.1. The molecule has 1 N–H and O–H groups in total. The van der Waals surface area contributed by atoms with Crippen LogP contribution in [0.5, 0.6) is 0 Å². The van der Waals surface area contributed by atoms with Crippen molar-refractivity contribution in [2.75, 3.05) is 0 Å². The third kappa shape index (κ3) is 2.06. The van der Waals surface area contributed by atoms with Crippen molar-refractivity contribution in [3.63, 3.8) is 0 Å². The molecule has 2 atom stereocenters. The lowest BCUT2D eigenvalue weighted by Crippen LogP contribution is -2.03. The molecule has 4 heteroatoms. The van der Waals surface area contributed by atoms with Gasteiger partial charge in [-0.05, 0) is 41.7 Å². The molecule has 0 spiro atoms. The van der Waals surface area contributed by atoms with Gasteiger partial charge in [-0.25, -0.2) is 9.00 Å². The Balaban J connectivity index is 2.23. The largest absolute Gasteiger partial charge is 0.478 e. The molecule has 0 saturated carbocycles. The van der Waals surface area contributed by atoms with Crippen LogP contribution in [0.3, 0.4) is 0 Å². The summed E-state index contributed by atoms with van der Waals surface area (Å²) < 4.78 is 12.8. The first-order valence-electron chi connectivity index (χ1n) is 6.45. The molecule has 1 aliphatic rings. The molecule has 20 heavy (non-hydrogen) atoms. The van der Waals surface area contributed by atoms with Gasteiger partial charge in [-0.15, -0.1) is 0 Å². The van der Waals surface area contributed by atoms with Crippen molar-refractivity contribution in [1.82, 2.24) is 0 Å². The summed E-state index contributed by atoms with van der Waals surface area (Å²) >= 11 is 0. The molecule has 3 nitrogen and oxygen atoms in total. The van der Waals surface area contributed by atoms with Crippen molar-refractivity contribution in [2.24, 2.45) is 0 Å². The lowest BCUT2D eigenvalue weighted by atomic mass is 9.93. The second kappa shape index (κ2) is 4.87. The Kier molecular flexibility index (Phi) is 3.18. The van der Waals surface area contributed by atoms with Gasteiger partial charge in [0.2, 0.25) is 0 Å². The fourth-order valence-corrected chi connectivity index (χ4v) is 4.19. The van der Waals surface area contributed by atoms with Gasteiger partial charge in [0.1, 0.15) is 0 Å². The average Bonchev–Trinajstić information content (AvgIpc) is 2.55. The molecule has 0 aliphatic carbocycles. The third-order valence-corrected chi connectivity index (χ3v) is 5.24. The van der Waals surface area contributed by atoms with Crippen molar-refractivity contribution >= 4 is 16.8 Å². The summed E-state index contributed by atoms with van der Waals surface area (Å²) in [6.07, 6.45) is 0.821. The highest BCUT2D eigenvalue weighted by atomic mass is 32.2. The van der Waals surface area contributed by atoms with E-state index in [4.69, 9.17) is 5.11 Å². The Morgan fingerprint density at radius 3 is 2.70 bits per heavy atom. The summed E-state index contributed by atoms with van der Waals surface area (Å²) in [4.78, 5) is 12.5. The Morgan fingerprint density at radius 2 is 1.95 bits per heavy atom. The highest BCUT2D eigenvalue weighted by Gasteiger charge is 2.25. The van der Waals surface area contributed by atoms with Gasteiger partial charge in [-0.1, -0.05) is 31.2 Å². The van der Waals surface area contributed by atoms with Gasteiger partial charge in [-0.2, -0.15) is 0 Å². The standard InChI is InChI=1S/C16H14O3S/c1-10-8-11-4-2-3-5-14(11)20(19)15-9-12(16(17)18)6-7-13(10)15/h2-7,9-10H,8H2,1H3,(H,17,18). The van der Waals surface area contributed by atoms with Gasteiger partial charge < -0.3 is 5.11 Å². The highest BCUT2D eigenvalue weighted by Crippen LogP contribution is 2.35. The van der Waals surface area contributed by atoms with Crippen molar-refractivity contribution in [3.05, 3.63) is 59.2 Å². The Morgan fingerprint density at radius 1 is 1.20 bits per heavy atom. The van der Waals surface area contributed by atoms with Crippen LogP contribution in [0.25, 0.3) is 0 Å². The lowest BCUT2D eigenvalue weighted by Gasteiger charge is -2.12. The van der Waals surface area contributed by atoms with Crippen molar-refractivity contribution < 1.29 is 14.1 Å². The van der Waals surface area contributed by atoms with Gasteiger partial charge in [0.15, 0.2) is 0 Å². The number of carbonyl (C=O) groups is 1. The maximum absolute atomic E-state index is 12.8. The monoisotopic (exact) mass is 286 g/mol. The topological polar surface area (TPSA) is 54.4 Å². The lowest BCUT2D eigenvalue weighted by molar-refractivity contribution is 0.0696. The maximum Gasteiger partial charge on any atom is 0.335 e. The Bertz CT molecular complexity index is 721. The van der Waals surface area contributed by atoms with E-state index in [1.165, 1.54) is 0 Å². The van der Waals surface area contributed by atoms with Crippen LogP contribution >= 0.6 is 0 Å². The molecule has 2 aromatic carbocycles. The summed E-state index contributed by atoms with van der Waals surface area (Å²) in [5, 5.41) is 9.11. The minimum Gasteiger partial charge on any atom is -0.478 e. The van der Waals surface area contributed by atoms with Gasteiger partial charge in [0.05, 0.1) is 16.4 Å². The molecule has 102 valence electrons. The molecule has 0 fully saturated rings. The average molecular weight is 286 g/mol. The van der Waals surface area contributed by atoms with E-state index in [2.05, 4.69) is 6.92 Å². The molecule has 2 unspecified atom stereocenters. The summed E-state index contributed by atoms with van der Waals surface area (Å²) in [5.41, 5.74) is 2.24. The number of carboxylic acids is 1. The predicted octanol–water partition coefficient (Wildman–Crippen LogP) is 3.21. The highest BCUT2D eigenvalue weighted by molar-refractivity contribution is 7.85. The van der Waals surface area contributed by atoms with Gasteiger partial charge in [0, 0.05) is 9.79 Å². The van der Waals surface area contributed by atoms with Crippen LogP contribution in [-0.4, -0.2) is 15.3 Å². The molecule has 0 radical (unpaired) electrons. The molecule has 0 saturated heterocycles. The van der Waals surface area contributed by atoms with E-state index >= 15 is 0 Å². The molecule has 1 aliphatic heterocycles. The minimum atomic E-state index is -1.32. The van der Waals surface area contributed by atoms with Crippen LogP contribution in [0.15, 0.2) is 52.3 Å². The van der Waals surface area contributed by atoms with Gasteiger partial charge in [0.25, 0.3) is 0 Å². The first-order chi connectivity index (χ1) is 9.58. The van der Waals surface area contributed by atoms with Crippen molar-refractivity contribution in [1.29, 1.82) is 0 Å². The summed E-state index contributed by atoms with van der Waals surface area (Å²) in [7, 11) is -1.32. The number of aromatic carboxylic acids is 1. The number of hydrogen-bond acceptors (Lipinski definition) is 2. The molecule has 2 aromatic rings. The normalized spacial score (nSPS) is 20.6. The predicted molar refractivity (Wildman–Crippen MR) is 76.6 cm³/mol. The molecule has 3 rings (SSSR count). The molecule has 0 bridgehead atoms.